The second-order valence-electron chi connectivity index (χ2n) is 6.07. The Hall–Kier alpha value is -2.63. The highest BCUT2D eigenvalue weighted by molar-refractivity contribution is 5.76. The van der Waals surface area contributed by atoms with Gasteiger partial charge in [0.15, 0.2) is 0 Å². The highest BCUT2D eigenvalue weighted by atomic mass is 16.5. The van der Waals surface area contributed by atoms with Crippen molar-refractivity contribution in [2.45, 2.75) is 31.8 Å². The maximum absolute atomic E-state index is 12.4. The molecule has 0 saturated carbocycles. The van der Waals surface area contributed by atoms with Gasteiger partial charge in [0.05, 0.1) is 7.11 Å². The van der Waals surface area contributed by atoms with E-state index in [1.54, 1.807) is 12.3 Å². The quantitative estimate of drug-likeness (QED) is 0.808. The third kappa shape index (κ3) is 4.92. The van der Waals surface area contributed by atoms with Crippen LogP contribution in [-0.2, 0) is 11.2 Å². The molecule has 1 aliphatic heterocycles. The van der Waals surface area contributed by atoms with Crippen molar-refractivity contribution in [2.75, 3.05) is 20.2 Å². The van der Waals surface area contributed by atoms with E-state index in [-0.39, 0.29) is 12.0 Å². The summed E-state index contributed by atoms with van der Waals surface area (Å²) < 4.78 is 10.9. The number of hydrogen-bond donors (Lipinski definition) is 0. The van der Waals surface area contributed by atoms with Gasteiger partial charge in [-0.2, -0.15) is 4.98 Å². The molecule has 6 nitrogen and oxygen atoms in total. The fourth-order valence-electron chi connectivity index (χ4n) is 2.94. The molecule has 0 radical (unpaired) electrons. The number of aryl methyl sites for hydroxylation is 1. The van der Waals surface area contributed by atoms with Crippen LogP contribution in [0.25, 0.3) is 0 Å². The van der Waals surface area contributed by atoms with Crippen molar-refractivity contribution in [3.8, 4) is 11.9 Å². The van der Waals surface area contributed by atoms with Crippen molar-refractivity contribution >= 4 is 5.91 Å². The first-order valence-corrected chi connectivity index (χ1v) is 8.60. The predicted molar refractivity (Wildman–Crippen MR) is 93.6 cm³/mol. The summed E-state index contributed by atoms with van der Waals surface area (Å²) in [6.45, 7) is 1.45. The average Bonchev–Trinajstić information content (AvgIpc) is 2.67. The number of carbonyl (C=O) groups is 1. The summed E-state index contributed by atoms with van der Waals surface area (Å²) in [6.07, 6.45) is 4.64. The van der Waals surface area contributed by atoms with Gasteiger partial charge in [0, 0.05) is 44.6 Å². The molecule has 0 aliphatic carbocycles. The van der Waals surface area contributed by atoms with Crippen LogP contribution in [0.5, 0.6) is 11.9 Å². The van der Waals surface area contributed by atoms with Gasteiger partial charge in [0.25, 0.3) is 0 Å². The summed E-state index contributed by atoms with van der Waals surface area (Å²) in [4.78, 5) is 22.4. The van der Waals surface area contributed by atoms with Crippen LogP contribution in [0.3, 0.4) is 0 Å². The zero-order valence-corrected chi connectivity index (χ0v) is 14.4. The number of rotatable bonds is 6. The third-order valence-corrected chi connectivity index (χ3v) is 4.34. The molecule has 0 unspecified atom stereocenters. The smallest absolute Gasteiger partial charge is 0.319 e. The fraction of sp³-hybridized carbons (Fsp3) is 0.421. The van der Waals surface area contributed by atoms with Gasteiger partial charge in [-0.05, 0) is 12.0 Å². The van der Waals surface area contributed by atoms with Crippen molar-refractivity contribution < 1.29 is 14.3 Å². The predicted octanol–water partition coefficient (Wildman–Crippen LogP) is 2.49. The number of piperidine rings is 1. The largest absolute Gasteiger partial charge is 0.474 e. The first-order chi connectivity index (χ1) is 12.2. The highest BCUT2D eigenvalue weighted by Crippen LogP contribution is 2.19. The van der Waals surface area contributed by atoms with Gasteiger partial charge in [0.1, 0.15) is 6.10 Å². The summed E-state index contributed by atoms with van der Waals surface area (Å²) in [5, 5.41) is 0. The molecule has 132 valence electrons. The number of carbonyl (C=O) groups excluding carboxylic acids is 1. The Morgan fingerprint density at radius 3 is 2.68 bits per heavy atom. The van der Waals surface area contributed by atoms with Gasteiger partial charge in [0.2, 0.25) is 11.8 Å². The van der Waals surface area contributed by atoms with Crippen LogP contribution in [-0.4, -0.2) is 47.1 Å². The molecule has 1 aromatic heterocycles. The van der Waals surface area contributed by atoms with E-state index >= 15 is 0 Å². The van der Waals surface area contributed by atoms with Crippen LogP contribution >= 0.6 is 0 Å². The van der Waals surface area contributed by atoms with E-state index in [2.05, 4.69) is 22.1 Å². The number of nitrogens with zero attached hydrogens (tertiary/aromatic N) is 3. The van der Waals surface area contributed by atoms with Gasteiger partial charge in [-0.3, -0.25) is 4.79 Å². The summed E-state index contributed by atoms with van der Waals surface area (Å²) in [6, 6.07) is 12.1. The van der Waals surface area contributed by atoms with Crippen molar-refractivity contribution in [3.63, 3.8) is 0 Å². The summed E-state index contributed by atoms with van der Waals surface area (Å²) in [7, 11) is 1.53. The molecule has 1 aromatic carbocycles. The Morgan fingerprint density at radius 2 is 1.96 bits per heavy atom. The maximum atomic E-state index is 12.4. The van der Waals surface area contributed by atoms with Gasteiger partial charge >= 0.3 is 6.01 Å². The monoisotopic (exact) mass is 341 g/mol. The molecule has 6 heteroatoms. The first-order valence-electron chi connectivity index (χ1n) is 8.60. The molecule has 1 aliphatic rings. The van der Waals surface area contributed by atoms with E-state index < -0.39 is 0 Å². The minimum Gasteiger partial charge on any atom is -0.474 e. The van der Waals surface area contributed by atoms with E-state index in [1.165, 1.54) is 12.7 Å². The number of aromatic nitrogens is 2. The third-order valence-electron chi connectivity index (χ3n) is 4.34. The van der Waals surface area contributed by atoms with Crippen LogP contribution in [0.1, 0.15) is 24.8 Å². The number of methoxy groups -OCH3 is 1. The van der Waals surface area contributed by atoms with Crippen LogP contribution in [0.15, 0.2) is 42.6 Å². The molecule has 0 atom stereocenters. The second kappa shape index (κ2) is 8.46. The lowest BCUT2D eigenvalue weighted by Crippen LogP contribution is -2.41. The average molecular weight is 341 g/mol. The number of ether oxygens (including phenoxy) is 2. The molecule has 0 spiro atoms. The SMILES string of the molecule is COc1nccc(OC2CCN(C(=O)CCc3ccccc3)CC2)n1. The molecule has 0 bridgehead atoms. The normalized spacial score (nSPS) is 15.0. The lowest BCUT2D eigenvalue weighted by molar-refractivity contribution is -0.132. The van der Waals surface area contributed by atoms with E-state index in [0.29, 0.717) is 18.3 Å². The first kappa shape index (κ1) is 17.2. The van der Waals surface area contributed by atoms with Gasteiger partial charge in [-0.1, -0.05) is 30.3 Å². The zero-order valence-electron chi connectivity index (χ0n) is 14.4. The van der Waals surface area contributed by atoms with Crippen LogP contribution in [0, 0.1) is 0 Å². The molecular formula is C19H23N3O3. The molecule has 2 aromatic rings. The van der Waals surface area contributed by atoms with E-state index in [4.69, 9.17) is 9.47 Å². The summed E-state index contributed by atoms with van der Waals surface area (Å²) in [5.41, 5.74) is 1.20. The van der Waals surface area contributed by atoms with Gasteiger partial charge in [-0.25, -0.2) is 4.98 Å². The fourth-order valence-corrected chi connectivity index (χ4v) is 2.94. The van der Waals surface area contributed by atoms with Crippen molar-refractivity contribution in [2.24, 2.45) is 0 Å². The van der Waals surface area contributed by atoms with E-state index in [9.17, 15) is 4.79 Å². The summed E-state index contributed by atoms with van der Waals surface area (Å²) in [5.74, 6) is 0.728. The Bertz CT molecular complexity index is 685. The highest BCUT2D eigenvalue weighted by Gasteiger charge is 2.24. The Balaban J connectivity index is 1.44. The number of amides is 1. The maximum Gasteiger partial charge on any atom is 0.319 e. The number of benzene rings is 1. The van der Waals surface area contributed by atoms with E-state index in [1.807, 2.05) is 23.1 Å². The second-order valence-corrected chi connectivity index (χ2v) is 6.07. The van der Waals surface area contributed by atoms with E-state index in [0.717, 1.165) is 32.4 Å². The Labute approximate surface area is 147 Å². The van der Waals surface area contributed by atoms with Gasteiger partial charge in [-0.15, -0.1) is 0 Å². The standard InChI is InChI=1S/C19H23N3O3/c1-24-19-20-12-9-17(21-19)25-16-10-13-22(14-11-16)18(23)8-7-15-5-3-2-4-6-15/h2-6,9,12,16H,7-8,10-11,13-14H2,1H3. The summed E-state index contributed by atoms with van der Waals surface area (Å²) >= 11 is 0. The molecule has 25 heavy (non-hydrogen) atoms. The van der Waals surface area contributed by atoms with Crippen LogP contribution in [0.4, 0.5) is 0 Å². The van der Waals surface area contributed by atoms with Gasteiger partial charge < -0.3 is 14.4 Å². The Morgan fingerprint density at radius 1 is 1.20 bits per heavy atom. The number of hydrogen-bond acceptors (Lipinski definition) is 5. The molecule has 2 heterocycles. The lowest BCUT2D eigenvalue weighted by atomic mass is 10.1. The molecule has 0 N–H and O–H groups in total. The van der Waals surface area contributed by atoms with Crippen LogP contribution in [0.2, 0.25) is 0 Å². The minimum absolute atomic E-state index is 0.0674. The zero-order chi connectivity index (χ0) is 17.5. The topological polar surface area (TPSA) is 64.6 Å². The minimum atomic E-state index is 0.0674. The van der Waals surface area contributed by atoms with Crippen molar-refractivity contribution in [3.05, 3.63) is 48.2 Å². The molecule has 1 saturated heterocycles. The molecular weight excluding hydrogens is 318 g/mol. The molecule has 1 amide bonds. The van der Waals surface area contributed by atoms with Crippen LogP contribution < -0.4 is 9.47 Å². The number of likely N-dealkylation sites (tertiary alicyclic amines) is 1. The lowest BCUT2D eigenvalue weighted by Gasteiger charge is -2.32. The molecule has 1 fully saturated rings. The Kier molecular flexibility index (Phi) is 5.82. The van der Waals surface area contributed by atoms with Crippen molar-refractivity contribution in [1.29, 1.82) is 0 Å². The van der Waals surface area contributed by atoms with Crippen molar-refractivity contribution in [1.82, 2.24) is 14.9 Å². The molecule has 3 rings (SSSR count).